The molecule has 0 saturated carbocycles. The highest BCUT2D eigenvalue weighted by atomic mass is 19.3. The van der Waals surface area contributed by atoms with E-state index in [2.05, 4.69) is 21.0 Å². The second kappa shape index (κ2) is 12.6. The number of halogens is 2. The molecule has 0 fully saturated rings. The summed E-state index contributed by atoms with van der Waals surface area (Å²) in [6, 6.07) is 20.6. The second-order valence-electron chi connectivity index (χ2n) is 9.67. The fourth-order valence-electron chi connectivity index (χ4n) is 4.24. The zero-order valence-electron chi connectivity index (χ0n) is 22.9. The van der Waals surface area contributed by atoms with Gasteiger partial charge >= 0.3 is 5.92 Å². The van der Waals surface area contributed by atoms with Gasteiger partial charge in [0.2, 0.25) is 5.91 Å². The molecule has 41 heavy (non-hydrogen) atoms. The van der Waals surface area contributed by atoms with E-state index < -0.39 is 24.0 Å². The minimum absolute atomic E-state index is 0.168. The normalized spacial score (nSPS) is 12.8. The van der Waals surface area contributed by atoms with Crippen LogP contribution in [0.15, 0.2) is 79.0 Å². The largest absolute Gasteiger partial charge is 0.484 e. The molecule has 0 spiro atoms. The van der Waals surface area contributed by atoms with Crippen LogP contribution >= 0.6 is 0 Å². The Kier molecular flexibility index (Phi) is 8.96. The number of ether oxygens (including phenoxy) is 1. The van der Waals surface area contributed by atoms with Crippen LogP contribution in [0.5, 0.6) is 5.75 Å². The highest BCUT2D eigenvalue weighted by molar-refractivity contribution is 5.95. The lowest BCUT2D eigenvalue weighted by Crippen LogP contribution is -2.46. The van der Waals surface area contributed by atoms with Crippen LogP contribution in [0.25, 0.3) is 16.6 Å². The van der Waals surface area contributed by atoms with E-state index in [4.69, 9.17) is 4.74 Å². The summed E-state index contributed by atoms with van der Waals surface area (Å²) in [7, 11) is 0. The minimum atomic E-state index is -3.52. The average Bonchev–Trinajstić information content (AvgIpc) is 3.37. The number of carbonyl (C=O) groups is 3. The molecule has 4 rings (SSSR count). The lowest BCUT2D eigenvalue weighted by atomic mass is 10.0. The lowest BCUT2D eigenvalue weighted by Gasteiger charge is -2.27. The highest BCUT2D eigenvalue weighted by Gasteiger charge is 2.35. The van der Waals surface area contributed by atoms with E-state index in [-0.39, 0.29) is 11.8 Å². The summed E-state index contributed by atoms with van der Waals surface area (Å²) in [5.41, 5.74) is 2.57. The molecule has 214 valence electrons. The van der Waals surface area contributed by atoms with Crippen LogP contribution in [-0.4, -0.2) is 52.6 Å². The van der Waals surface area contributed by atoms with E-state index in [1.54, 1.807) is 72.4 Å². The molecule has 3 aromatic carbocycles. The van der Waals surface area contributed by atoms with Crippen LogP contribution in [-0.2, 0) is 9.59 Å². The van der Waals surface area contributed by atoms with Gasteiger partial charge in [0.05, 0.1) is 23.4 Å². The predicted molar refractivity (Wildman–Crippen MR) is 150 cm³/mol. The molecule has 0 aliphatic heterocycles. The first-order valence-electron chi connectivity index (χ1n) is 13.0. The van der Waals surface area contributed by atoms with Crippen molar-refractivity contribution in [3.05, 3.63) is 90.1 Å². The molecule has 9 nitrogen and oxygen atoms in total. The van der Waals surface area contributed by atoms with Crippen LogP contribution < -0.4 is 20.7 Å². The number of alkyl halides is 2. The Balaban J connectivity index is 1.54. The fraction of sp³-hybridized carbons (Fsp3) is 0.267. The molecule has 0 bridgehead atoms. The maximum Gasteiger partial charge on any atom is 0.321 e. The van der Waals surface area contributed by atoms with Gasteiger partial charge in [-0.05, 0) is 48.9 Å². The Morgan fingerprint density at radius 1 is 0.976 bits per heavy atom. The van der Waals surface area contributed by atoms with Crippen molar-refractivity contribution in [2.75, 3.05) is 13.1 Å². The molecule has 3 N–H and O–H groups in total. The standard InChI is InChI=1S/C30H31F2N5O4/c1-19(36-29(40)30(3,31)32)27(21-8-5-4-6-9-21)41-25-12-13-26-23(17-25)18-35-37(26)24-11-7-10-22(16-24)28(39)34-15-14-33-20(2)38/h4-13,16-19,27H,14-15H2,1-3H3,(H,33,38)(H,34,39)(H,36,40)/t19-,27-/m0/s1. The maximum absolute atomic E-state index is 13.6. The van der Waals surface area contributed by atoms with E-state index in [0.29, 0.717) is 42.6 Å². The molecule has 0 saturated heterocycles. The third kappa shape index (κ3) is 7.44. The van der Waals surface area contributed by atoms with Crippen molar-refractivity contribution in [3.8, 4) is 11.4 Å². The number of benzene rings is 3. The third-order valence-corrected chi connectivity index (χ3v) is 6.28. The molecular formula is C30H31F2N5O4. The van der Waals surface area contributed by atoms with Crippen molar-refractivity contribution in [1.29, 1.82) is 0 Å². The van der Waals surface area contributed by atoms with E-state index in [1.165, 1.54) is 6.92 Å². The van der Waals surface area contributed by atoms with Crippen LogP contribution in [0.2, 0.25) is 0 Å². The predicted octanol–water partition coefficient (Wildman–Crippen LogP) is 4.17. The number of hydrogen-bond donors (Lipinski definition) is 3. The Morgan fingerprint density at radius 2 is 1.71 bits per heavy atom. The van der Waals surface area contributed by atoms with Gasteiger partial charge in [0.15, 0.2) is 0 Å². The number of aromatic nitrogens is 2. The van der Waals surface area contributed by atoms with Gasteiger partial charge in [0, 0.05) is 37.9 Å². The molecule has 11 heteroatoms. The van der Waals surface area contributed by atoms with Crippen LogP contribution in [0.4, 0.5) is 8.78 Å². The summed E-state index contributed by atoms with van der Waals surface area (Å²) >= 11 is 0. The first-order chi connectivity index (χ1) is 19.5. The van der Waals surface area contributed by atoms with Crippen molar-refractivity contribution in [3.63, 3.8) is 0 Å². The van der Waals surface area contributed by atoms with Crippen molar-refractivity contribution >= 4 is 28.6 Å². The first kappa shape index (κ1) is 29.2. The molecule has 4 aromatic rings. The summed E-state index contributed by atoms with van der Waals surface area (Å²) in [6.45, 7) is 4.20. The monoisotopic (exact) mass is 563 g/mol. The van der Waals surface area contributed by atoms with Crippen molar-refractivity contribution in [2.24, 2.45) is 0 Å². The van der Waals surface area contributed by atoms with Crippen molar-refractivity contribution < 1.29 is 27.9 Å². The van der Waals surface area contributed by atoms with Gasteiger partial charge in [0.25, 0.3) is 11.8 Å². The summed E-state index contributed by atoms with van der Waals surface area (Å²) in [4.78, 5) is 35.5. The zero-order valence-corrected chi connectivity index (χ0v) is 22.9. The van der Waals surface area contributed by atoms with Gasteiger partial charge in [-0.1, -0.05) is 36.4 Å². The van der Waals surface area contributed by atoms with Gasteiger partial charge in [-0.25, -0.2) is 4.68 Å². The second-order valence-corrected chi connectivity index (χ2v) is 9.67. The number of hydrogen-bond acceptors (Lipinski definition) is 5. The van der Waals surface area contributed by atoms with Gasteiger partial charge in [-0.15, -0.1) is 0 Å². The fourth-order valence-corrected chi connectivity index (χ4v) is 4.24. The average molecular weight is 564 g/mol. The number of fused-ring (bicyclic) bond motifs is 1. The molecule has 0 aliphatic carbocycles. The molecule has 2 atom stereocenters. The Morgan fingerprint density at radius 3 is 2.41 bits per heavy atom. The minimum Gasteiger partial charge on any atom is -0.484 e. The van der Waals surface area contributed by atoms with E-state index in [1.807, 2.05) is 18.2 Å². The Labute approximate surface area is 235 Å². The Hall–Kier alpha value is -4.80. The summed E-state index contributed by atoms with van der Waals surface area (Å²) in [6.07, 6.45) is 0.916. The first-order valence-corrected chi connectivity index (χ1v) is 13.0. The number of carbonyl (C=O) groups excluding carboxylic acids is 3. The van der Waals surface area contributed by atoms with Crippen molar-refractivity contribution in [2.45, 2.75) is 38.8 Å². The maximum atomic E-state index is 13.6. The Bertz CT molecular complexity index is 1530. The SMILES string of the molecule is CC(=O)NCCNC(=O)c1cccc(-n2ncc3cc(O[C@H](c4ccccc4)[C@H](C)NC(=O)C(C)(F)F)ccc32)c1. The quantitative estimate of drug-likeness (QED) is 0.237. The number of nitrogens with zero attached hydrogens (tertiary/aromatic N) is 2. The zero-order chi connectivity index (χ0) is 29.6. The number of rotatable bonds is 11. The van der Waals surface area contributed by atoms with Crippen LogP contribution in [0.3, 0.4) is 0 Å². The van der Waals surface area contributed by atoms with Gasteiger partial charge in [-0.2, -0.15) is 13.9 Å². The molecular weight excluding hydrogens is 532 g/mol. The smallest absolute Gasteiger partial charge is 0.321 e. The number of nitrogens with one attached hydrogen (secondary N) is 3. The summed E-state index contributed by atoms with van der Waals surface area (Å²) in [5, 5.41) is 13.0. The summed E-state index contributed by atoms with van der Waals surface area (Å²) in [5.74, 6) is -4.89. The third-order valence-electron chi connectivity index (χ3n) is 6.28. The van der Waals surface area contributed by atoms with E-state index in [9.17, 15) is 23.2 Å². The summed E-state index contributed by atoms with van der Waals surface area (Å²) < 4.78 is 35.0. The molecule has 0 aliphatic rings. The number of amides is 3. The molecule has 1 aromatic heterocycles. The van der Waals surface area contributed by atoms with Gasteiger partial charge in [0.1, 0.15) is 11.9 Å². The van der Waals surface area contributed by atoms with E-state index in [0.717, 1.165) is 10.9 Å². The van der Waals surface area contributed by atoms with E-state index >= 15 is 0 Å². The topological polar surface area (TPSA) is 114 Å². The highest BCUT2D eigenvalue weighted by Crippen LogP contribution is 2.29. The molecule has 0 radical (unpaired) electrons. The molecule has 3 amide bonds. The molecule has 1 heterocycles. The molecule has 0 unspecified atom stereocenters. The lowest BCUT2D eigenvalue weighted by molar-refractivity contribution is -0.144. The van der Waals surface area contributed by atoms with Crippen LogP contribution in [0, 0.1) is 0 Å². The van der Waals surface area contributed by atoms with Crippen molar-refractivity contribution in [1.82, 2.24) is 25.7 Å². The van der Waals surface area contributed by atoms with Crippen LogP contribution in [0.1, 0.15) is 42.8 Å². The van der Waals surface area contributed by atoms with Gasteiger partial charge in [-0.3, -0.25) is 14.4 Å². The van der Waals surface area contributed by atoms with Gasteiger partial charge < -0.3 is 20.7 Å².